The minimum absolute atomic E-state index is 0.439. The molecule has 0 N–H and O–H groups in total. The third-order valence-electron chi connectivity index (χ3n) is 3.90. The SMILES string of the molecule is CCCCCCCCCCCCCC(=O)CCN(C)C. The lowest BCUT2D eigenvalue weighted by atomic mass is 10.0. The summed E-state index contributed by atoms with van der Waals surface area (Å²) in [6.07, 6.45) is 16.3. The third-order valence-corrected chi connectivity index (χ3v) is 3.90. The van der Waals surface area contributed by atoms with Crippen LogP contribution in [-0.4, -0.2) is 31.3 Å². The number of nitrogens with zero attached hydrogens (tertiary/aromatic N) is 1. The fraction of sp³-hybridized carbons (Fsp3) is 0.944. The second-order valence-corrected chi connectivity index (χ2v) is 6.38. The van der Waals surface area contributed by atoms with E-state index in [9.17, 15) is 4.79 Å². The smallest absolute Gasteiger partial charge is 0.134 e. The second-order valence-electron chi connectivity index (χ2n) is 6.38. The van der Waals surface area contributed by atoms with E-state index in [1.165, 1.54) is 64.2 Å². The average Bonchev–Trinajstić information content (AvgIpc) is 2.42. The number of hydrogen-bond acceptors (Lipinski definition) is 2. The Kier molecular flexibility index (Phi) is 14.7. The van der Waals surface area contributed by atoms with Crippen molar-refractivity contribution in [2.45, 2.75) is 90.4 Å². The molecule has 0 aliphatic carbocycles. The summed E-state index contributed by atoms with van der Waals surface area (Å²) in [6, 6.07) is 0. The average molecular weight is 283 g/mol. The van der Waals surface area contributed by atoms with Crippen molar-refractivity contribution in [2.24, 2.45) is 0 Å². The van der Waals surface area contributed by atoms with Gasteiger partial charge in [-0.15, -0.1) is 0 Å². The Balaban J connectivity index is 3.11. The minimum atomic E-state index is 0.439. The van der Waals surface area contributed by atoms with Gasteiger partial charge < -0.3 is 4.90 Å². The zero-order chi connectivity index (χ0) is 15.1. The maximum atomic E-state index is 11.6. The van der Waals surface area contributed by atoms with Crippen LogP contribution in [0.15, 0.2) is 0 Å². The Morgan fingerprint density at radius 1 is 0.700 bits per heavy atom. The van der Waals surface area contributed by atoms with Gasteiger partial charge in [0.1, 0.15) is 5.78 Å². The van der Waals surface area contributed by atoms with E-state index in [-0.39, 0.29) is 0 Å². The van der Waals surface area contributed by atoms with Crippen LogP contribution >= 0.6 is 0 Å². The topological polar surface area (TPSA) is 20.3 Å². The van der Waals surface area contributed by atoms with E-state index in [0.717, 1.165) is 25.8 Å². The van der Waals surface area contributed by atoms with Gasteiger partial charge in [-0.3, -0.25) is 4.79 Å². The summed E-state index contributed by atoms with van der Waals surface area (Å²) in [4.78, 5) is 13.7. The number of carbonyl (C=O) groups is 1. The van der Waals surface area contributed by atoms with Crippen LogP contribution in [0.5, 0.6) is 0 Å². The minimum Gasteiger partial charge on any atom is -0.309 e. The van der Waals surface area contributed by atoms with Gasteiger partial charge in [-0.25, -0.2) is 0 Å². The fourth-order valence-electron chi connectivity index (χ4n) is 2.46. The van der Waals surface area contributed by atoms with E-state index in [4.69, 9.17) is 0 Å². The first-order valence-corrected chi connectivity index (χ1v) is 8.83. The quantitative estimate of drug-likeness (QED) is 0.385. The molecule has 0 atom stereocenters. The second kappa shape index (κ2) is 15.0. The largest absolute Gasteiger partial charge is 0.309 e. The number of Topliss-reactive ketones (excluding diaryl/α,β-unsaturated/α-hetero) is 1. The Labute approximate surface area is 127 Å². The summed E-state index contributed by atoms with van der Waals surface area (Å²) in [7, 11) is 4.05. The molecule has 0 fully saturated rings. The predicted molar refractivity (Wildman–Crippen MR) is 89.3 cm³/mol. The molecule has 0 heterocycles. The van der Waals surface area contributed by atoms with Crippen molar-refractivity contribution in [3.8, 4) is 0 Å². The molecule has 0 saturated heterocycles. The molecule has 0 spiro atoms. The van der Waals surface area contributed by atoms with Crippen LogP contribution in [0.4, 0.5) is 0 Å². The van der Waals surface area contributed by atoms with Crippen LogP contribution in [0, 0.1) is 0 Å². The molecule has 0 bridgehead atoms. The fourth-order valence-corrected chi connectivity index (χ4v) is 2.46. The van der Waals surface area contributed by atoms with E-state index in [2.05, 4.69) is 11.8 Å². The summed E-state index contributed by atoms with van der Waals surface area (Å²) in [5.74, 6) is 0.439. The van der Waals surface area contributed by atoms with Gasteiger partial charge in [0.25, 0.3) is 0 Å². The molecule has 2 nitrogen and oxygen atoms in total. The molecule has 20 heavy (non-hydrogen) atoms. The molecule has 120 valence electrons. The number of carbonyl (C=O) groups excluding carboxylic acids is 1. The Bertz CT molecular complexity index is 213. The van der Waals surface area contributed by atoms with Crippen molar-refractivity contribution in [3.05, 3.63) is 0 Å². The number of unbranched alkanes of at least 4 members (excludes halogenated alkanes) is 10. The monoisotopic (exact) mass is 283 g/mol. The van der Waals surface area contributed by atoms with Gasteiger partial charge >= 0.3 is 0 Å². The molecule has 0 aromatic rings. The van der Waals surface area contributed by atoms with Crippen LogP contribution < -0.4 is 0 Å². The molecule has 0 aliphatic heterocycles. The highest BCUT2D eigenvalue weighted by molar-refractivity contribution is 5.78. The van der Waals surface area contributed by atoms with Crippen molar-refractivity contribution in [2.75, 3.05) is 20.6 Å². The summed E-state index contributed by atoms with van der Waals surface area (Å²) in [5, 5.41) is 0. The van der Waals surface area contributed by atoms with E-state index in [1.54, 1.807) is 0 Å². The Morgan fingerprint density at radius 3 is 1.60 bits per heavy atom. The summed E-state index contributed by atoms with van der Waals surface area (Å²) >= 11 is 0. The lowest BCUT2D eigenvalue weighted by Gasteiger charge is -2.08. The lowest BCUT2D eigenvalue weighted by Crippen LogP contribution is -2.16. The normalized spacial score (nSPS) is 11.2. The summed E-state index contributed by atoms with van der Waals surface area (Å²) in [6.45, 7) is 3.17. The highest BCUT2D eigenvalue weighted by Gasteiger charge is 2.02. The molecule has 0 aliphatic rings. The van der Waals surface area contributed by atoms with Crippen molar-refractivity contribution in [1.29, 1.82) is 0 Å². The molecule has 0 amide bonds. The molecule has 0 rings (SSSR count). The summed E-state index contributed by atoms with van der Waals surface area (Å²) < 4.78 is 0. The van der Waals surface area contributed by atoms with Gasteiger partial charge in [0.2, 0.25) is 0 Å². The van der Waals surface area contributed by atoms with Gasteiger partial charge in [0.05, 0.1) is 0 Å². The molecule has 0 aromatic carbocycles. The van der Waals surface area contributed by atoms with Crippen molar-refractivity contribution >= 4 is 5.78 Å². The van der Waals surface area contributed by atoms with Gasteiger partial charge in [-0.2, -0.15) is 0 Å². The molecule has 0 unspecified atom stereocenters. The maximum absolute atomic E-state index is 11.6. The Morgan fingerprint density at radius 2 is 1.15 bits per heavy atom. The molecule has 0 saturated carbocycles. The maximum Gasteiger partial charge on any atom is 0.134 e. The highest BCUT2D eigenvalue weighted by Crippen LogP contribution is 2.12. The van der Waals surface area contributed by atoms with Gasteiger partial charge in [-0.1, -0.05) is 71.1 Å². The van der Waals surface area contributed by atoms with Gasteiger partial charge in [0.15, 0.2) is 0 Å². The van der Waals surface area contributed by atoms with Crippen molar-refractivity contribution < 1.29 is 4.79 Å². The van der Waals surface area contributed by atoms with E-state index < -0.39 is 0 Å². The van der Waals surface area contributed by atoms with Crippen LogP contribution in [0.1, 0.15) is 90.4 Å². The van der Waals surface area contributed by atoms with E-state index in [0.29, 0.717) is 5.78 Å². The zero-order valence-electron chi connectivity index (χ0n) is 14.3. The van der Waals surface area contributed by atoms with Crippen molar-refractivity contribution in [1.82, 2.24) is 4.90 Å². The van der Waals surface area contributed by atoms with Gasteiger partial charge in [-0.05, 0) is 20.5 Å². The van der Waals surface area contributed by atoms with Crippen LogP contribution in [0.3, 0.4) is 0 Å². The first-order chi connectivity index (χ1) is 9.66. The first kappa shape index (κ1) is 19.6. The lowest BCUT2D eigenvalue weighted by molar-refractivity contribution is -0.119. The number of rotatable bonds is 15. The molecular formula is C18H37NO. The molecule has 2 heteroatoms. The highest BCUT2D eigenvalue weighted by atomic mass is 16.1. The third kappa shape index (κ3) is 15.7. The van der Waals surface area contributed by atoms with E-state index >= 15 is 0 Å². The zero-order valence-corrected chi connectivity index (χ0v) is 14.3. The molecule has 0 radical (unpaired) electrons. The number of hydrogen-bond donors (Lipinski definition) is 0. The van der Waals surface area contributed by atoms with Crippen LogP contribution in [0.25, 0.3) is 0 Å². The predicted octanol–water partition coefficient (Wildman–Crippen LogP) is 5.21. The standard InChI is InChI=1S/C18H37NO/c1-4-5-6-7-8-9-10-11-12-13-14-15-18(20)16-17-19(2)3/h4-17H2,1-3H3. The number of ketones is 1. The molecule has 0 aromatic heterocycles. The van der Waals surface area contributed by atoms with E-state index in [1.807, 2.05) is 14.1 Å². The summed E-state index contributed by atoms with van der Waals surface area (Å²) in [5.41, 5.74) is 0. The van der Waals surface area contributed by atoms with Crippen LogP contribution in [0.2, 0.25) is 0 Å². The molecular weight excluding hydrogens is 246 g/mol. The van der Waals surface area contributed by atoms with Gasteiger partial charge in [0, 0.05) is 19.4 Å². The Hall–Kier alpha value is -0.370. The first-order valence-electron chi connectivity index (χ1n) is 8.83. The van der Waals surface area contributed by atoms with Crippen molar-refractivity contribution in [3.63, 3.8) is 0 Å². The van der Waals surface area contributed by atoms with Crippen LogP contribution in [-0.2, 0) is 4.79 Å².